The molecule has 0 bridgehead atoms. The third-order valence-corrected chi connectivity index (χ3v) is 15.7. The van der Waals surface area contributed by atoms with Crippen LogP contribution >= 0.6 is 34.4 Å². The maximum absolute atomic E-state index is 4.89. The zero-order valence-electron chi connectivity index (χ0n) is 35.2. The number of unbranched alkanes of at least 4 members (excludes halogenated alkanes) is 10. The molecule has 1 aliphatic carbocycles. The Balaban J connectivity index is 1.07. The highest BCUT2D eigenvalue weighted by atomic mass is 32.1. The van der Waals surface area contributed by atoms with Crippen LogP contribution in [0.2, 0.25) is 0 Å². The molecule has 0 unspecified atom stereocenters. The number of thiophene rings is 2. The first-order valence-electron chi connectivity index (χ1n) is 22.5. The van der Waals surface area contributed by atoms with Gasteiger partial charge in [-0.25, -0.2) is 0 Å². The van der Waals surface area contributed by atoms with Gasteiger partial charge >= 0.3 is 0 Å². The third kappa shape index (κ3) is 8.34. The Morgan fingerprint density at radius 3 is 1.37 bits per heavy atom. The fourth-order valence-corrected chi connectivity index (χ4v) is 12.3. The first-order chi connectivity index (χ1) is 29.7. The molecule has 9 rings (SSSR count). The number of hydrogen-bond acceptors (Lipinski definition) is 5. The largest absolute Gasteiger partial charge is 0.172 e. The molecule has 5 heteroatoms. The lowest BCUT2D eigenvalue weighted by Gasteiger charge is -2.33. The maximum Gasteiger partial charge on any atom is 0.114 e. The molecule has 0 aliphatic heterocycles. The van der Waals surface area contributed by atoms with Gasteiger partial charge in [0, 0.05) is 36.1 Å². The highest BCUT2D eigenvalue weighted by molar-refractivity contribution is 7.19. The molecule has 5 aromatic carbocycles. The molecular weight excluding hydrogens is 785 g/mol. The molecular formula is C55H56N2S3. The van der Waals surface area contributed by atoms with Gasteiger partial charge < -0.3 is 0 Å². The first-order valence-corrected chi connectivity index (χ1v) is 24.9. The fourth-order valence-electron chi connectivity index (χ4n) is 9.68. The number of benzene rings is 5. The normalized spacial score (nSPS) is 12.9. The van der Waals surface area contributed by atoms with E-state index in [0.717, 1.165) is 16.6 Å². The lowest BCUT2D eigenvalue weighted by atomic mass is 9.70. The van der Waals surface area contributed by atoms with Gasteiger partial charge in [0.05, 0.1) is 11.7 Å². The average Bonchev–Trinajstić information content (AvgIpc) is 4.13. The van der Waals surface area contributed by atoms with Crippen molar-refractivity contribution in [1.82, 2.24) is 8.75 Å². The van der Waals surface area contributed by atoms with E-state index in [-0.39, 0.29) is 5.41 Å². The molecule has 1 aliphatic rings. The van der Waals surface area contributed by atoms with E-state index in [0.29, 0.717) is 0 Å². The van der Waals surface area contributed by atoms with Crippen LogP contribution in [0.15, 0.2) is 133 Å². The van der Waals surface area contributed by atoms with E-state index in [1.165, 1.54) is 160 Å². The van der Waals surface area contributed by atoms with Gasteiger partial charge in [-0.2, -0.15) is 8.75 Å². The standard InChI is InChI=1S/C55H56N2S3/c1-3-5-7-9-11-19-35-55(36-20-12-10-8-6-4-2)47-37-41(39-21-15-13-16-22-39)25-27-43(47)44-28-26-42(38-48(44)55)50-32-34-52(59-50)46-30-29-45(53-54(46)57-60-56-53)51-33-31-49(58-51)40-23-17-14-18-24-40/h13-18,21-34,37-38H,3-12,19-20,35-36H2,1-2H3. The number of hydrogen-bond donors (Lipinski definition) is 0. The quantitative estimate of drug-likeness (QED) is 0.0758. The van der Waals surface area contributed by atoms with Crippen molar-refractivity contribution >= 4 is 45.4 Å². The topological polar surface area (TPSA) is 25.8 Å². The van der Waals surface area contributed by atoms with Crippen molar-refractivity contribution in [2.75, 3.05) is 0 Å². The van der Waals surface area contributed by atoms with E-state index in [2.05, 4.69) is 147 Å². The number of aromatic nitrogens is 2. The van der Waals surface area contributed by atoms with Gasteiger partial charge in [0.1, 0.15) is 11.0 Å². The lowest BCUT2D eigenvalue weighted by molar-refractivity contribution is 0.398. The van der Waals surface area contributed by atoms with Gasteiger partial charge in [-0.05, 0) is 93.7 Å². The second kappa shape index (κ2) is 18.9. The maximum atomic E-state index is 4.89. The van der Waals surface area contributed by atoms with Crippen molar-refractivity contribution in [3.63, 3.8) is 0 Å². The summed E-state index contributed by atoms with van der Waals surface area (Å²) in [6.45, 7) is 4.64. The molecule has 3 aromatic heterocycles. The van der Waals surface area contributed by atoms with E-state index in [9.17, 15) is 0 Å². The summed E-state index contributed by atoms with van der Waals surface area (Å²) < 4.78 is 9.75. The summed E-state index contributed by atoms with van der Waals surface area (Å²) in [4.78, 5) is 5.05. The van der Waals surface area contributed by atoms with Crippen LogP contribution in [0.25, 0.3) is 75.0 Å². The zero-order valence-corrected chi connectivity index (χ0v) is 37.7. The highest BCUT2D eigenvalue weighted by Crippen LogP contribution is 2.56. The van der Waals surface area contributed by atoms with Gasteiger partial charge in [-0.3, -0.25) is 0 Å². The average molecular weight is 841 g/mol. The van der Waals surface area contributed by atoms with Gasteiger partial charge in [0.25, 0.3) is 0 Å². The van der Waals surface area contributed by atoms with Crippen LogP contribution in [-0.2, 0) is 5.41 Å². The Bertz CT molecular complexity index is 2630. The number of fused-ring (bicyclic) bond motifs is 4. The molecule has 0 N–H and O–H groups in total. The van der Waals surface area contributed by atoms with Crippen LogP contribution in [0.5, 0.6) is 0 Å². The Kier molecular flexibility index (Phi) is 12.8. The molecule has 0 spiro atoms. The molecule has 3 heterocycles. The summed E-state index contributed by atoms with van der Waals surface area (Å²) in [6.07, 6.45) is 18.3. The van der Waals surface area contributed by atoms with Gasteiger partial charge in [0.15, 0.2) is 0 Å². The third-order valence-electron chi connectivity index (χ3n) is 12.9. The first kappa shape index (κ1) is 40.7. The summed E-state index contributed by atoms with van der Waals surface area (Å²) in [5.41, 5.74) is 15.5. The van der Waals surface area contributed by atoms with Crippen LogP contribution in [0, 0.1) is 0 Å². The molecule has 60 heavy (non-hydrogen) atoms. The van der Waals surface area contributed by atoms with Crippen molar-refractivity contribution in [3.8, 4) is 64.0 Å². The lowest BCUT2D eigenvalue weighted by Crippen LogP contribution is -2.25. The Hall–Kier alpha value is -4.68. The monoisotopic (exact) mass is 840 g/mol. The summed E-state index contributed by atoms with van der Waals surface area (Å²) in [5.74, 6) is 0. The molecule has 0 atom stereocenters. The van der Waals surface area contributed by atoms with E-state index in [4.69, 9.17) is 8.75 Å². The minimum atomic E-state index is 0.0114. The van der Waals surface area contributed by atoms with Crippen LogP contribution in [0.3, 0.4) is 0 Å². The predicted octanol–water partition coefficient (Wildman–Crippen LogP) is 17.9. The Labute approximate surface area is 369 Å². The molecule has 8 aromatic rings. The van der Waals surface area contributed by atoms with Crippen molar-refractivity contribution in [3.05, 3.63) is 145 Å². The van der Waals surface area contributed by atoms with Crippen molar-refractivity contribution < 1.29 is 0 Å². The number of nitrogens with zero attached hydrogens (tertiary/aromatic N) is 2. The summed E-state index contributed by atoms with van der Waals surface area (Å²) in [6, 6.07) is 50.1. The minimum absolute atomic E-state index is 0.0114. The molecule has 0 amide bonds. The van der Waals surface area contributed by atoms with Crippen molar-refractivity contribution in [2.45, 2.75) is 109 Å². The Morgan fingerprint density at radius 1 is 0.383 bits per heavy atom. The van der Waals surface area contributed by atoms with Crippen LogP contribution in [-0.4, -0.2) is 8.75 Å². The molecule has 2 nitrogen and oxygen atoms in total. The second-order valence-electron chi connectivity index (χ2n) is 16.8. The predicted molar refractivity (Wildman–Crippen MR) is 263 cm³/mol. The zero-order chi connectivity index (χ0) is 40.7. The van der Waals surface area contributed by atoms with Gasteiger partial charge in [-0.15, -0.1) is 22.7 Å². The Morgan fingerprint density at radius 2 is 0.817 bits per heavy atom. The van der Waals surface area contributed by atoms with Crippen molar-refractivity contribution in [2.24, 2.45) is 0 Å². The van der Waals surface area contributed by atoms with Crippen molar-refractivity contribution in [1.29, 1.82) is 0 Å². The fraction of sp³-hybridized carbons (Fsp3) is 0.309. The van der Waals surface area contributed by atoms with Crippen LogP contribution in [0.1, 0.15) is 115 Å². The van der Waals surface area contributed by atoms with E-state index in [1.807, 2.05) is 22.7 Å². The van der Waals surface area contributed by atoms with E-state index < -0.39 is 0 Å². The van der Waals surface area contributed by atoms with E-state index in [1.54, 1.807) is 11.1 Å². The highest BCUT2D eigenvalue weighted by Gasteiger charge is 2.42. The molecule has 304 valence electrons. The smallest absolute Gasteiger partial charge is 0.114 e. The van der Waals surface area contributed by atoms with Crippen LogP contribution < -0.4 is 0 Å². The minimum Gasteiger partial charge on any atom is -0.172 e. The second-order valence-corrected chi connectivity index (χ2v) is 19.5. The molecule has 0 saturated heterocycles. The van der Waals surface area contributed by atoms with E-state index >= 15 is 0 Å². The van der Waals surface area contributed by atoms with Gasteiger partial charge in [-0.1, -0.05) is 188 Å². The summed E-state index contributed by atoms with van der Waals surface area (Å²) in [7, 11) is 0. The molecule has 0 saturated carbocycles. The van der Waals surface area contributed by atoms with Gasteiger partial charge in [0.2, 0.25) is 0 Å². The van der Waals surface area contributed by atoms with Crippen LogP contribution in [0.4, 0.5) is 0 Å². The summed E-state index contributed by atoms with van der Waals surface area (Å²) >= 11 is 5.03. The molecule has 0 radical (unpaired) electrons. The number of rotatable bonds is 19. The SMILES string of the molecule is CCCCCCCCC1(CCCCCCCC)c2cc(-c3ccccc3)ccc2-c2ccc(-c3ccc(-c4ccc(-c5ccc(-c6ccccc6)s5)c5nsnc45)s3)cc21. The molecule has 0 fully saturated rings. The summed E-state index contributed by atoms with van der Waals surface area (Å²) in [5, 5.41) is 0.